The lowest BCUT2D eigenvalue weighted by Crippen LogP contribution is -2.39. The quantitative estimate of drug-likeness (QED) is 0.582. The van der Waals surface area contributed by atoms with Crippen LogP contribution in [0.5, 0.6) is 0 Å². The molecule has 1 N–H and O–H groups in total. The summed E-state index contributed by atoms with van der Waals surface area (Å²) < 4.78 is 0. The number of likely N-dealkylation sites (N-methyl/N-ethyl adjacent to an activating group) is 2. The topological polar surface area (TPSA) is 18.5 Å². The Morgan fingerprint density at radius 1 is 1.16 bits per heavy atom. The van der Waals surface area contributed by atoms with Gasteiger partial charge in [0.25, 0.3) is 0 Å². The van der Waals surface area contributed by atoms with Gasteiger partial charge >= 0.3 is 0 Å². The second-order valence-corrected chi connectivity index (χ2v) is 5.95. The fraction of sp³-hybridized carbons (Fsp3) is 1.00. The van der Waals surface area contributed by atoms with E-state index in [4.69, 9.17) is 0 Å². The van der Waals surface area contributed by atoms with Crippen molar-refractivity contribution in [2.45, 2.75) is 58.4 Å². The summed E-state index contributed by atoms with van der Waals surface area (Å²) in [5.41, 5.74) is 0. The van der Waals surface area contributed by atoms with Gasteiger partial charge in [0.1, 0.15) is 0 Å². The van der Waals surface area contributed by atoms with Crippen LogP contribution >= 0.6 is 0 Å². The predicted octanol–water partition coefficient (Wildman–Crippen LogP) is 2.57. The first kappa shape index (κ1) is 16.9. The van der Waals surface area contributed by atoms with Crippen molar-refractivity contribution in [3.8, 4) is 0 Å². The molecule has 1 fully saturated rings. The highest BCUT2D eigenvalue weighted by atomic mass is 15.2. The van der Waals surface area contributed by atoms with Crippen molar-refractivity contribution < 1.29 is 0 Å². The van der Waals surface area contributed by atoms with Crippen LogP contribution in [0.4, 0.5) is 0 Å². The highest BCUT2D eigenvalue weighted by molar-refractivity contribution is 4.80. The molecule has 3 nitrogen and oxygen atoms in total. The van der Waals surface area contributed by atoms with Gasteiger partial charge in [-0.25, -0.2) is 0 Å². The van der Waals surface area contributed by atoms with Crippen molar-refractivity contribution in [1.29, 1.82) is 0 Å². The lowest BCUT2D eigenvalue weighted by molar-refractivity contribution is 0.197. The molecule has 114 valence electrons. The Hall–Kier alpha value is -0.120. The molecule has 0 amide bonds. The third-order valence-corrected chi connectivity index (χ3v) is 4.32. The summed E-state index contributed by atoms with van der Waals surface area (Å²) in [4.78, 5) is 5.19. The van der Waals surface area contributed by atoms with Crippen LogP contribution < -0.4 is 5.32 Å². The molecule has 1 atom stereocenters. The van der Waals surface area contributed by atoms with Gasteiger partial charge in [0.15, 0.2) is 0 Å². The van der Waals surface area contributed by atoms with E-state index >= 15 is 0 Å². The standard InChI is InChI=1S/C16H35N3/c1-4-17-12-8-6-7-9-13-18(3)15-16-11-10-14-19(16)5-2/h16-17H,4-15H2,1-3H3. The number of nitrogens with zero attached hydrogens (tertiary/aromatic N) is 2. The summed E-state index contributed by atoms with van der Waals surface area (Å²) in [5.74, 6) is 0. The smallest absolute Gasteiger partial charge is 0.0223 e. The van der Waals surface area contributed by atoms with E-state index in [1.54, 1.807) is 0 Å². The van der Waals surface area contributed by atoms with Crippen molar-refractivity contribution in [3.05, 3.63) is 0 Å². The first-order valence-electron chi connectivity index (χ1n) is 8.41. The second-order valence-electron chi connectivity index (χ2n) is 5.95. The lowest BCUT2D eigenvalue weighted by atomic mass is 10.1. The van der Waals surface area contributed by atoms with E-state index in [0.717, 1.165) is 12.6 Å². The highest BCUT2D eigenvalue weighted by Gasteiger charge is 2.23. The number of hydrogen-bond acceptors (Lipinski definition) is 3. The van der Waals surface area contributed by atoms with E-state index in [9.17, 15) is 0 Å². The zero-order valence-corrected chi connectivity index (χ0v) is 13.5. The minimum atomic E-state index is 0.823. The van der Waals surface area contributed by atoms with Gasteiger partial charge in [0, 0.05) is 12.6 Å². The summed E-state index contributed by atoms with van der Waals surface area (Å²) >= 11 is 0. The van der Waals surface area contributed by atoms with E-state index in [2.05, 4.69) is 36.0 Å². The number of rotatable bonds is 11. The molecule has 0 saturated carbocycles. The minimum Gasteiger partial charge on any atom is -0.317 e. The fourth-order valence-corrected chi connectivity index (χ4v) is 3.13. The molecular formula is C16H35N3. The van der Waals surface area contributed by atoms with Crippen LogP contribution in [0.3, 0.4) is 0 Å². The molecule has 0 aromatic rings. The van der Waals surface area contributed by atoms with E-state index in [0.29, 0.717) is 0 Å². The fourth-order valence-electron chi connectivity index (χ4n) is 3.13. The molecular weight excluding hydrogens is 234 g/mol. The van der Waals surface area contributed by atoms with E-state index in [1.807, 2.05) is 0 Å². The third kappa shape index (κ3) is 7.28. The van der Waals surface area contributed by atoms with E-state index in [1.165, 1.54) is 71.2 Å². The molecule has 0 aromatic heterocycles. The summed E-state index contributed by atoms with van der Waals surface area (Å²) in [7, 11) is 2.30. The molecule has 1 unspecified atom stereocenters. The summed E-state index contributed by atoms with van der Waals surface area (Å²) in [5, 5.41) is 3.39. The molecule has 1 aliphatic rings. The molecule has 1 rings (SSSR count). The van der Waals surface area contributed by atoms with Gasteiger partial charge in [-0.1, -0.05) is 26.7 Å². The molecule has 1 saturated heterocycles. The van der Waals surface area contributed by atoms with Gasteiger partial charge < -0.3 is 10.2 Å². The zero-order chi connectivity index (χ0) is 13.9. The molecule has 0 aliphatic carbocycles. The molecule has 19 heavy (non-hydrogen) atoms. The zero-order valence-electron chi connectivity index (χ0n) is 13.5. The molecule has 0 radical (unpaired) electrons. The van der Waals surface area contributed by atoms with Crippen LogP contribution in [0.2, 0.25) is 0 Å². The maximum Gasteiger partial charge on any atom is 0.0223 e. The Morgan fingerprint density at radius 2 is 1.95 bits per heavy atom. The van der Waals surface area contributed by atoms with Crippen LogP contribution in [0.1, 0.15) is 52.4 Å². The Balaban J connectivity index is 1.97. The van der Waals surface area contributed by atoms with Crippen molar-refractivity contribution in [1.82, 2.24) is 15.1 Å². The van der Waals surface area contributed by atoms with Gasteiger partial charge in [-0.05, 0) is 65.5 Å². The predicted molar refractivity (Wildman–Crippen MR) is 84.8 cm³/mol. The first-order chi connectivity index (χ1) is 9.27. The van der Waals surface area contributed by atoms with Gasteiger partial charge in [0.2, 0.25) is 0 Å². The average Bonchev–Trinajstić information content (AvgIpc) is 2.85. The monoisotopic (exact) mass is 269 g/mol. The first-order valence-corrected chi connectivity index (χ1v) is 8.41. The molecule has 0 spiro atoms. The Bertz CT molecular complexity index is 208. The SMILES string of the molecule is CCNCCCCCCN(C)CC1CCCN1CC. The Morgan fingerprint density at radius 3 is 2.68 bits per heavy atom. The Kier molecular flexibility index (Phi) is 9.48. The number of likely N-dealkylation sites (tertiary alicyclic amines) is 1. The average molecular weight is 269 g/mol. The van der Waals surface area contributed by atoms with Crippen LogP contribution in [0.25, 0.3) is 0 Å². The minimum absolute atomic E-state index is 0.823. The van der Waals surface area contributed by atoms with Crippen molar-refractivity contribution in [2.75, 3.05) is 46.3 Å². The molecule has 3 heteroatoms. The number of nitrogens with one attached hydrogen (secondary N) is 1. The van der Waals surface area contributed by atoms with Crippen molar-refractivity contribution >= 4 is 0 Å². The van der Waals surface area contributed by atoms with Gasteiger partial charge in [-0.15, -0.1) is 0 Å². The largest absolute Gasteiger partial charge is 0.317 e. The highest BCUT2D eigenvalue weighted by Crippen LogP contribution is 2.17. The van der Waals surface area contributed by atoms with Gasteiger partial charge in [-0.3, -0.25) is 4.90 Å². The van der Waals surface area contributed by atoms with Crippen LogP contribution in [0, 0.1) is 0 Å². The molecule has 1 heterocycles. The van der Waals surface area contributed by atoms with E-state index < -0.39 is 0 Å². The maximum absolute atomic E-state index is 3.39. The molecule has 1 aliphatic heterocycles. The summed E-state index contributed by atoms with van der Waals surface area (Å²) in [6.45, 7) is 11.9. The lowest BCUT2D eigenvalue weighted by Gasteiger charge is -2.27. The van der Waals surface area contributed by atoms with E-state index in [-0.39, 0.29) is 0 Å². The normalized spacial score (nSPS) is 20.5. The van der Waals surface area contributed by atoms with Crippen LogP contribution in [0.15, 0.2) is 0 Å². The third-order valence-electron chi connectivity index (χ3n) is 4.32. The van der Waals surface area contributed by atoms with Crippen molar-refractivity contribution in [2.24, 2.45) is 0 Å². The van der Waals surface area contributed by atoms with Crippen LogP contribution in [-0.4, -0.2) is 62.2 Å². The second kappa shape index (κ2) is 10.6. The maximum atomic E-state index is 3.39. The molecule has 0 bridgehead atoms. The summed E-state index contributed by atoms with van der Waals surface area (Å²) in [6, 6.07) is 0.823. The van der Waals surface area contributed by atoms with Gasteiger partial charge in [-0.2, -0.15) is 0 Å². The molecule has 0 aromatic carbocycles. The van der Waals surface area contributed by atoms with Crippen molar-refractivity contribution in [3.63, 3.8) is 0 Å². The van der Waals surface area contributed by atoms with Crippen LogP contribution in [-0.2, 0) is 0 Å². The van der Waals surface area contributed by atoms with Gasteiger partial charge in [0.05, 0.1) is 0 Å². The number of hydrogen-bond donors (Lipinski definition) is 1. The number of unbranched alkanes of at least 4 members (excludes halogenated alkanes) is 3. The Labute approximate surface area is 120 Å². The summed E-state index contributed by atoms with van der Waals surface area (Å²) in [6.07, 6.45) is 8.27.